The van der Waals surface area contributed by atoms with E-state index < -0.39 is 24.1 Å². The van der Waals surface area contributed by atoms with E-state index in [1.54, 1.807) is 0 Å². The minimum absolute atomic E-state index is 0.225. The number of carbonyl (C=O) groups is 2. The number of halogens is 3. The fourth-order valence-corrected chi connectivity index (χ4v) is 1.06. The average Bonchev–Trinajstić information content (AvgIpc) is 2.17. The highest BCUT2D eigenvalue weighted by Crippen LogP contribution is 2.23. The fourth-order valence-electron chi connectivity index (χ4n) is 1.06. The van der Waals surface area contributed by atoms with Gasteiger partial charge in [-0.3, -0.25) is 10.1 Å². The van der Waals surface area contributed by atoms with Gasteiger partial charge in [-0.2, -0.15) is 0 Å². The molecule has 0 aliphatic rings. The Labute approximate surface area is 99.9 Å². The van der Waals surface area contributed by atoms with E-state index in [1.807, 2.05) is 5.32 Å². The lowest BCUT2D eigenvalue weighted by molar-refractivity contribution is -0.274. The van der Waals surface area contributed by atoms with Crippen LogP contribution in [-0.4, -0.2) is 18.3 Å². The molecule has 18 heavy (non-hydrogen) atoms. The van der Waals surface area contributed by atoms with Gasteiger partial charge in [-0.15, -0.1) is 13.2 Å². The quantitative estimate of drug-likeness (QED) is 0.859. The molecule has 5 nitrogen and oxygen atoms in total. The van der Waals surface area contributed by atoms with Gasteiger partial charge in [0.1, 0.15) is 5.75 Å². The molecule has 0 unspecified atom stereocenters. The molecular weight excluding hydrogens is 253 g/mol. The van der Waals surface area contributed by atoms with Crippen LogP contribution in [0.15, 0.2) is 24.3 Å². The van der Waals surface area contributed by atoms with E-state index in [0.717, 1.165) is 19.1 Å². The maximum atomic E-state index is 11.9. The zero-order chi connectivity index (χ0) is 13.8. The Morgan fingerprint density at radius 2 is 1.72 bits per heavy atom. The zero-order valence-electron chi connectivity index (χ0n) is 9.17. The molecule has 0 radical (unpaired) electrons. The lowest BCUT2D eigenvalue weighted by Crippen LogP contribution is -2.32. The molecule has 0 atom stereocenters. The molecule has 0 aromatic heterocycles. The Kier molecular flexibility index (Phi) is 4.13. The molecule has 1 aromatic rings. The van der Waals surface area contributed by atoms with Gasteiger partial charge in [-0.1, -0.05) is 0 Å². The molecule has 2 N–H and O–H groups in total. The van der Waals surface area contributed by atoms with Gasteiger partial charge in [0.2, 0.25) is 5.91 Å². The summed E-state index contributed by atoms with van der Waals surface area (Å²) in [6.07, 6.45) is -4.76. The molecule has 0 bridgehead atoms. The van der Waals surface area contributed by atoms with Crippen molar-refractivity contribution in [3.05, 3.63) is 24.3 Å². The predicted molar refractivity (Wildman–Crippen MR) is 56.0 cm³/mol. The summed E-state index contributed by atoms with van der Waals surface area (Å²) >= 11 is 0. The molecule has 0 aliphatic carbocycles. The Morgan fingerprint density at radius 3 is 2.17 bits per heavy atom. The molecule has 8 heteroatoms. The van der Waals surface area contributed by atoms with Gasteiger partial charge in [0.25, 0.3) is 0 Å². The third-order valence-electron chi connectivity index (χ3n) is 1.64. The molecule has 0 saturated carbocycles. The summed E-state index contributed by atoms with van der Waals surface area (Å²) in [6, 6.07) is 3.72. The van der Waals surface area contributed by atoms with Crippen molar-refractivity contribution < 1.29 is 27.5 Å². The molecule has 1 aromatic carbocycles. The van der Waals surface area contributed by atoms with E-state index >= 15 is 0 Å². The summed E-state index contributed by atoms with van der Waals surface area (Å²) in [4.78, 5) is 21.6. The second-order valence-electron chi connectivity index (χ2n) is 3.21. The number of rotatable bonds is 2. The van der Waals surface area contributed by atoms with Gasteiger partial charge >= 0.3 is 12.4 Å². The zero-order valence-corrected chi connectivity index (χ0v) is 9.17. The summed E-state index contributed by atoms with van der Waals surface area (Å²) in [6.45, 7) is 1.15. The van der Waals surface area contributed by atoms with E-state index in [4.69, 9.17) is 0 Å². The first-order valence-corrected chi connectivity index (χ1v) is 4.70. The number of imide groups is 1. The van der Waals surface area contributed by atoms with Crippen molar-refractivity contribution in [3.63, 3.8) is 0 Å². The Hall–Kier alpha value is -2.25. The molecule has 1 rings (SSSR count). The summed E-state index contributed by atoms with van der Waals surface area (Å²) in [5.74, 6) is -0.954. The third-order valence-corrected chi connectivity index (χ3v) is 1.64. The van der Waals surface area contributed by atoms with Crippen molar-refractivity contribution in [1.29, 1.82) is 0 Å². The second-order valence-corrected chi connectivity index (χ2v) is 3.21. The number of hydrogen-bond acceptors (Lipinski definition) is 3. The Morgan fingerprint density at radius 1 is 1.17 bits per heavy atom. The first-order chi connectivity index (χ1) is 8.26. The maximum absolute atomic E-state index is 11.9. The van der Waals surface area contributed by atoms with Gasteiger partial charge in [-0.25, -0.2) is 4.79 Å². The number of ether oxygens (including phenoxy) is 1. The molecule has 0 spiro atoms. The number of anilines is 1. The molecule has 0 fully saturated rings. The van der Waals surface area contributed by atoms with Gasteiger partial charge in [-0.05, 0) is 24.3 Å². The van der Waals surface area contributed by atoms with Gasteiger partial charge in [0.15, 0.2) is 0 Å². The van der Waals surface area contributed by atoms with Crippen molar-refractivity contribution in [3.8, 4) is 5.75 Å². The molecule has 0 aliphatic heterocycles. The topological polar surface area (TPSA) is 67.4 Å². The van der Waals surface area contributed by atoms with Crippen molar-refractivity contribution in [2.45, 2.75) is 13.3 Å². The molecule has 98 valence electrons. The smallest absolute Gasteiger partial charge is 0.406 e. The molecule has 0 saturated heterocycles. The summed E-state index contributed by atoms with van der Waals surface area (Å²) in [5.41, 5.74) is 0.225. The minimum Gasteiger partial charge on any atom is -0.406 e. The number of alkyl halides is 3. The number of amides is 3. The van der Waals surface area contributed by atoms with Crippen LogP contribution in [0.2, 0.25) is 0 Å². The highest BCUT2D eigenvalue weighted by atomic mass is 19.4. The molecule has 3 amide bonds. The Bertz CT molecular complexity index is 443. The summed E-state index contributed by atoms with van der Waals surface area (Å²) in [7, 11) is 0. The average molecular weight is 262 g/mol. The second kappa shape index (κ2) is 5.39. The van der Waals surface area contributed by atoms with Crippen LogP contribution in [0.1, 0.15) is 6.92 Å². The number of carbonyl (C=O) groups excluding carboxylic acids is 2. The monoisotopic (exact) mass is 262 g/mol. The summed E-state index contributed by atoms with van der Waals surface area (Å²) < 4.78 is 39.2. The number of hydrogen-bond donors (Lipinski definition) is 2. The van der Waals surface area contributed by atoms with Crippen LogP contribution >= 0.6 is 0 Å². The van der Waals surface area contributed by atoms with Crippen LogP contribution in [0, 0.1) is 0 Å². The van der Waals surface area contributed by atoms with Gasteiger partial charge < -0.3 is 10.1 Å². The van der Waals surface area contributed by atoms with Crippen molar-refractivity contribution >= 4 is 17.6 Å². The van der Waals surface area contributed by atoms with Crippen LogP contribution in [0.3, 0.4) is 0 Å². The molecule has 0 heterocycles. The lowest BCUT2D eigenvalue weighted by atomic mass is 10.3. The highest BCUT2D eigenvalue weighted by molar-refractivity contribution is 6.00. The number of benzene rings is 1. The van der Waals surface area contributed by atoms with Gasteiger partial charge in [0, 0.05) is 12.6 Å². The normalized spacial score (nSPS) is 10.7. The van der Waals surface area contributed by atoms with E-state index in [0.29, 0.717) is 0 Å². The van der Waals surface area contributed by atoms with Crippen LogP contribution in [0.4, 0.5) is 23.7 Å². The maximum Gasteiger partial charge on any atom is 0.573 e. The number of nitrogens with one attached hydrogen (secondary N) is 2. The van der Waals surface area contributed by atoms with Crippen LogP contribution in [0.25, 0.3) is 0 Å². The fraction of sp³-hybridized carbons (Fsp3) is 0.200. The van der Waals surface area contributed by atoms with E-state index in [1.165, 1.54) is 12.1 Å². The van der Waals surface area contributed by atoms with Crippen molar-refractivity contribution in [2.75, 3.05) is 5.32 Å². The minimum atomic E-state index is -4.76. The van der Waals surface area contributed by atoms with Crippen LogP contribution < -0.4 is 15.4 Å². The van der Waals surface area contributed by atoms with Crippen molar-refractivity contribution in [1.82, 2.24) is 5.32 Å². The van der Waals surface area contributed by atoms with E-state index in [2.05, 4.69) is 10.1 Å². The molecular formula is C10H9F3N2O3. The van der Waals surface area contributed by atoms with Gasteiger partial charge in [0.05, 0.1) is 0 Å². The largest absolute Gasteiger partial charge is 0.573 e. The van der Waals surface area contributed by atoms with Crippen LogP contribution in [-0.2, 0) is 4.79 Å². The van der Waals surface area contributed by atoms with Crippen LogP contribution in [0.5, 0.6) is 5.75 Å². The SMILES string of the molecule is CC(=O)NC(=O)Nc1ccc(OC(F)(F)F)cc1. The predicted octanol–water partition coefficient (Wildman–Crippen LogP) is 2.25. The summed E-state index contributed by atoms with van der Waals surface area (Å²) in [5, 5.41) is 4.20. The standard InChI is InChI=1S/C10H9F3N2O3/c1-6(16)14-9(17)15-7-2-4-8(5-3-7)18-10(11,12)13/h2-5H,1H3,(H2,14,15,16,17). The third kappa shape index (κ3) is 5.19. The first kappa shape index (κ1) is 13.8. The van der Waals surface area contributed by atoms with Crippen molar-refractivity contribution in [2.24, 2.45) is 0 Å². The highest BCUT2D eigenvalue weighted by Gasteiger charge is 2.30. The first-order valence-electron chi connectivity index (χ1n) is 4.70. The Balaban J connectivity index is 2.60. The lowest BCUT2D eigenvalue weighted by Gasteiger charge is -2.09. The van der Waals surface area contributed by atoms with E-state index in [-0.39, 0.29) is 5.69 Å². The van der Waals surface area contributed by atoms with E-state index in [9.17, 15) is 22.8 Å². The number of urea groups is 1.